The zero-order chi connectivity index (χ0) is 13.8. The molecule has 0 aliphatic carbocycles. The van der Waals surface area contributed by atoms with Crippen molar-refractivity contribution in [1.29, 1.82) is 0 Å². The van der Waals surface area contributed by atoms with Crippen LogP contribution in [-0.2, 0) is 10.3 Å². The molecular weight excluding hydrogens is 292 g/mol. The summed E-state index contributed by atoms with van der Waals surface area (Å²) in [6.07, 6.45) is 2.37. The summed E-state index contributed by atoms with van der Waals surface area (Å²) in [5, 5.41) is 10.9. The van der Waals surface area contributed by atoms with Crippen LogP contribution in [-0.4, -0.2) is 17.3 Å². The van der Waals surface area contributed by atoms with Gasteiger partial charge in [0.1, 0.15) is 11.2 Å². The second-order valence-corrected chi connectivity index (χ2v) is 5.37. The first-order valence-corrected chi connectivity index (χ1v) is 6.98. The highest BCUT2D eigenvalue weighted by molar-refractivity contribution is 9.10. The van der Waals surface area contributed by atoms with Crippen molar-refractivity contribution in [3.63, 3.8) is 0 Å². The van der Waals surface area contributed by atoms with Crippen molar-refractivity contribution >= 4 is 15.9 Å². The van der Waals surface area contributed by atoms with E-state index in [2.05, 4.69) is 22.5 Å². The van der Waals surface area contributed by atoms with E-state index in [0.717, 1.165) is 10.0 Å². The van der Waals surface area contributed by atoms with Gasteiger partial charge in [0.2, 0.25) is 0 Å². The Balaban J connectivity index is 3.23. The van der Waals surface area contributed by atoms with Gasteiger partial charge in [0, 0.05) is 11.1 Å². The second-order valence-electron chi connectivity index (χ2n) is 4.46. The minimum absolute atomic E-state index is 0.534. The molecule has 3 heteroatoms. The van der Waals surface area contributed by atoms with Crippen molar-refractivity contribution in [2.75, 3.05) is 6.61 Å². The van der Waals surface area contributed by atoms with Gasteiger partial charge >= 0.3 is 0 Å². The summed E-state index contributed by atoms with van der Waals surface area (Å²) in [4.78, 5) is 0. The number of hydrogen-bond donors (Lipinski definition) is 1. The smallest absolute Gasteiger partial charge is 0.119 e. The Hall–Kier alpha value is -0.640. The summed E-state index contributed by atoms with van der Waals surface area (Å²) in [6, 6.07) is 7.63. The molecule has 0 aliphatic rings. The molecule has 0 fully saturated rings. The Morgan fingerprint density at radius 3 is 2.28 bits per heavy atom. The lowest BCUT2D eigenvalue weighted by Crippen LogP contribution is -2.50. The van der Waals surface area contributed by atoms with Gasteiger partial charge < -0.3 is 9.84 Å². The van der Waals surface area contributed by atoms with Crippen molar-refractivity contribution in [3.05, 3.63) is 47.0 Å². The third-order valence-corrected chi connectivity index (χ3v) is 4.02. The maximum Gasteiger partial charge on any atom is 0.119 e. The SMILES string of the molecule is C=C[C@](CC)(OCC)[C@](C)(O)c1ccc(Br)cc1. The predicted octanol–water partition coefficient (Wildman–Crippen LogP) is 4.03. The summed E-state index contributed by atoms with van der Waals surface area (Å²) >= 11 is 3.39. The van der Waals surface area contributed by atoms with Crippen LogP contribution in [0.15, 0.2) is 41.4 Å². The van der Waals surface area contributed by atoms with Crippen molar-refractivity contribution in [2.45, 2.75) is 38.4 Å². The molecular formula is C15H21BrO2. The second kappa shape index (κ2) is 6.00. The highest BCUT2D eigenvalue weighted by Crippen LogP contribution is 2.39. The van der Waals surface area contributed by atoms with Gasteiger partial charge in [0.15, 0.2) is 0 Å². The average Bonchev–Trinajstić information content (AvgIpc) is 2.36. The lowest BCUT2D eigenvalue weighted by molar-refractivity contribution is -0.153. The molecule has 0 saturated carbocycles. The Kier molecular flexibility index (Phi) is 5.14. The monoisotopic (exact) mass is 312 g/mol. The van der Waals surface area contributed by atoms with E-state index in [4.69, 9.17) is 4.74 Å². The molecule has 18 heavy (non-hydrogen) atoms. The summed E-state index contributed by atoms with van der Waals surface area (Å²) in [5.74, 6) is 0. The fourth-order valence-electron chi connectivity index (χ4n) is 2.27. The Morgan fingerprint density at radius 2 is 1.89 bits per heavy atom. The van der Waals surface area contributed by atoms with Crippen molar-refractivity contribution in [3.8, 4) is 0 Å². The predicted molar refractivity (Wildman–Crippen MR) is 78.6 cm³/mol. The van der Waals surface area contributed by atoms with Gasteiger partial charge in [-0.25, -0.2) is 0 Å². The molecule has 2 atom stereocenters. The molecule has 0 bridgehead atoms. The molecule has 0 radical (unpaired) electrons. The van der Waals surface area contributed by atoms with E-state index in [1.165, 1.54) is 0 Å². The minimum atomic E-state index is -1.11. The summed E-state index contributed by atoms with van der Waals surface area (Å²) in [7, 11) is 0. The van der Waals surface area contributed by atoms with Gasteiger partial charge in [-0.05, 0) is 38.0 Å². The lowest BCUT2D eigenvalue weighted by Gasteiger charge is -2.42. The average molecular weight is 313 g/mol. The van der Waals surface area contributed by atoms with Crippen molar-refractivity contribution in [1.82, 2.24) is 0 Å². The standard InChI is InChI=1S/C15H21BrO2/c1-5-15(6-2,18-7-3)14(4,17)12-8-10-13(16)11-9-12/h5,8-11,17H,1,6-7H2,2-4H3/t14-,15-/m1/s1. The third kappa shape index (κ3) is 2.68. The van der Waals surface area contributed by atoms with Crippen LogP contribution in [0.1, 0.15) is 32.8 Å². The van der Waals surface area contributed by atoms with Crippen LogP contribution in [0.25, 0.3) is 0 Å². The number of benzene rings is 1. The molecule has 1 N–H and O–H groups in total. The Labute approximate surface area is 118 Å². The first kappa shape index (κ1) is 15.4. The maximum absolute atomic E-state index is 10.9. The minimum Gasteiger partial charge on any atom is -0.382 e. The van der Waals surface area contributed by atoms with Gasteiger partial charge in [-0.2, -0.15) is 0 Å². The lowest BCUT2D eigenvalue weighted by atomic mass is 9.77. The van der Waals surface area contributed by atoms with E-state index in [1.54, 1.807) is 13.0 Å². The molecule has 0 aliphatic heterocycles. The molecule has 1 aromatic carbocycles. The zero-order valence-corrected chi connectivity index (χ0v) is 12.8. The fourth-order valence-corrected chi connectivity index (χ4v) is 2.53. The van der Waals surface area contributed by atoms with Crippen LogP contribution in [0.4, 0.5) is 0 Å². The largest absolute Gasteiger partial charge is 0.382 e. The molecule has 1 aromatic rings. The Bertz CT molecular complexity index is 397. The molecule has 0 aromatic heterocycles. The number of ether oxygens (including phenoxy) is 1. The normalized spacial score (nSPS) is 17.8. The number of aliphatic hydroxyl groups is 1. The van der Waals surface area contributed by atoms with Crippen LogP contribution < -0.4 is 0 Å². The van der Waals surface area contributed by atoms with Gasteiger partial charge in [0.25, 0.3) is 0 Å². The first-order valence-electron chi connectivity index (χ1n) is 6.19. The summed E-state index contributed by atoms with van der Waals surface area (Å²) in [5.41, 5.74) is -1.06. The molecule has 0 amide bonds. The van der Waals surface area contributed by atoms with Gasteiger partial charge in [-0.3, -0.25) is 0 Å². The van der Waals surface area contributed by atoms with E-state index < -0.39 is 11.2 Å². The van der Waals surface area contributed by atoms with Gasteiger partial charge in [-0.15, -0.1) is 6.58 Å². The molecule has 0 unspecified atom stereocenters. The Morgan fingerprint density at radius 1 is 1.33 bits per heavy atom. The number of rotatable bonds is 6. The number of halogens is 1. The van der Waals surface area contributed by atoms with Crippen LogP contribution in [0.3, 0.4) is 0 Å². The van der Waals surface area contributed by atoms with Crippen LogP contribution >= 0.6 is 15.9 Å². The molecule has 2 nitrogen and oxygen atoms in total. The highest BCUT2D eigenvalue weighted by Gasteiger charge is 2.45. The maximum atomic E-state index is 10.9. The quantitative estimate of drug-likeness (QED) is 0.804. The van der Waals surface area contributed by atoms with E-state index >= 15 is 0 Å². The molecule has 1 rings (SSSR count). The van der Waals surface area contributed by atoms with Crippen LogP contribution in [0.5, 0.6) is 0 Å². The van der Waals surface area contributed by atoms with Crippen LogP contribution in [0.2, 0.25) is 0 Å². The van der Waals surface area contributed by atoms with E-state index in [9.17, 15) is 5.11 Å². The van der Waals surface area contributed by atoms with Gasteiger partial charge in [-0.1, -0.05) is 41.1 Å². The topological polar surface area (TPSA) is 29.5 Å². The van der Waals surface area contributed by atoms with E-state index in [0.29, 0.717) is 13.0 Å². The van der Waals surface area contributed by atoms with Crippen molar-refractivity contribution in [2.24, 2.45) is 0 Å². The molecule has 0 spiro atoms. The molecule has 0 heterocycles. The molecule has 0 saturated heterocycles. The van der Waals surface area contributed by atoms with Gasteiger partial charge in [0.05, 0.1) is 0 Å². The third-order valence-electron chi connectivity index (χ3n) is 3.49. The number of hydrogen-bond acceptors (Lipinski definition) is 2. The molecule has 100 valence electrons. The zero-order valence-electron chi connectivity index (χ0n) is 11.2. The van der Waals surface area contributed by atoms with E-state index in [1.807, 2.05) is 38.1 Å². The summed E-state index contributed by atoms with van der Waals surface area (Å²) < 4.78 is 6.78. The van der Waals surface area contributed by atoms with Crippen LogP contribution in [0, 0.1) is 0 Å². The fraction of sp³-hybridized carbons (Fsp3) is 0.467. The highest BCUT2D eigenvalue weighted by atomic mass is 79.9. The first-order chi connectivity index (χ1) is 8.43. The summed E-state index contributed by atoms with van der Waals surface area (Å²) in [6.45, 7) is 10.1. The van der Waals surface area contributed by atoms with Crippen molar-refractivity contribution < 1.29 is 9.84 Å². The van der Waals surface area contributed by atoms with E-state index in [-0.39, 0.29) is 0 Å².